The van der Waals surface area contributed by atoms with Gasteiger partial charge in [-0.05, 0) is 57.1 Å². The normalized spacial score (nSPS) is 27.2. The van der Waals surface area contributed by atoms with Crippen LogP contribution in [0.1, 0.15) is 58.1 Å². The molecule has 2 amide bonds. The third-order valence-electron chi connectivity index (χ3n) is 6.18. The van der Waals surface area contributed by atoms with Crippen molar-refractivity contribution in [2.45, 2.75) is 71.1 Å². The number of carbonyl (C=O) groups is 2. The van der Waals surface area contributed by atoms with Crippen LogP contribution in [0.5, 0.6) is 0 Å². The SMILES string of the molecule is C=C[C@@H]1CCC(CN2Cc3ccccc3C2)[C@](NC(C)=O)(C(=O)NC(C)(C)C)C1. The fourth-order valence-corrected chi connectivity index (χ4v) is 4.89. The van der Waals surface area contributed by atoms with Crippen molar-refractivity contribution in [2.75, 3.05) is 6.54 Å². The van der Waals surface area contributed by atoms with Gasteiger partial charge in [0, 0.05) is 38.0 Å². The average molecular weight is 398 g/mol. The van der Waals surface area contributed by atoms with Crippen molar-refractivity contribution in [1.29, 1.82) is 0 Å². The highest BCUT2D eigenvalue weighted by Crippen LogP contribution is 2.40. The van der Waals surface area contributed by atoms with Crippen molar-refractivity contribution >= 4 is 11.8 Å². The molecule has 1 aromatic carbocycles. The quantitative estimate of drug-likeness (QED) is 0.749. The van der Waals surface area contributed by atoms with Crippen molar-refractivity contribution in [3.8, 4) is 0 Å². The van der Waals surface area contributed by atoms with Crippen LogP contribution in [-0.4, -0.2) is 34.3 Å². The minimum Gasteiger partial charge on any atom is -0.349 e. The highest BCUT2D eigenvalue weighted by Gasteiger charge is 2.51. The lowest BCUT2D eigenvalue weighted by Crippen LogP contribution is -2.68. The van der Waals surface area contributed by atoms with Gasteiger partial charge in [0.1, 0.15) is 5.54 Å². The Morgan fingerprint density at radius 3 is 2.34 bits per heavy atom. The first-order valence-electron chi connectivity index (χ1n) is 10.7. The summed E-state index contributed by atoms with van der Waals surface area (Å²) in [5.74, 6) is 0.0424. The van der Waals surface area contributed by atoms with Crippen LogP contribution in [0.2, 0.25) is 0 Å². The Kier molecular flexibility index (Phi) is 6.18. The third kappa shape index (κ3) is 4.89. The van der Waals surface area contributed by atoms with Gasteiger partial charge in [-0.3, -0.25) is 14.5 Å². The van der Waals surface area contributed by atoms with Crippen molar-refractivity contribution in [1.82, 2.24) is 15.5 Å². The van der Waals surface area contributed by atoms with Crippen molar-refractivity contribution in [3.05, 3.63) is 48.0 Å². The van der Waals surface area contributed by atoms with Crippen molar-refractivity contribution in [3.63, 3.8) is 0 Å². The van der Waals surface area contributed by atoms with E-state index in [9.17, 15) is 9.59 Å². The topological polar surface area (TPSA) is 61.4 Å². The third-order valence-corrected chi connectivity index (χ3v) is 6.18. The summed E-state index contributed by atoms with van der Waals surface area (Å²) in [5.41, 5.74) is 1.44. The van der Waals surface area contributed by atoms with Gasteiger partial charge in [0.25, 0.3) is 0 Å². The van der Waals surface area contributed by atoms with E-state index in [1.807, 2.05) is 26.8 Å². The predicted octanol–water partition coefficient (Wildman–Crippen LogP) is 3.39. The predicted molar refractivity (Wildman–Crippen MR) is 116 cm³/mol. The molecule has 1 heterocycles. The number of nitrogens with zero attached hydrogens (tertiary/aromatic N) is 1. The van der Waals surface area contributed by atoms with Crippen LogP contribution in [-0.2, 0) is 22.7 Å². The zero-order chi connectivity index (χ0) is 21.2. The number of fused-ring (bicyclic) bond motifs is 1. The summed E-state index contributed by atoms with van der Waals surface area (Å²) in [7, 11) is 0. The van der Waals surface area contributed by atoms with Crippen LogP contribution in [0.15, 0.2) is 36.9 Å². The Labute approximate surface area is 174 Å². The second-order valence-electron chi connectivity index (χ2n) is 9.77. The number of nitrogens with one attached hydrogen (secondary N) is 2. The van der Waals surface area contributed by atoms with Crippen LogP contribution in [0, 0.1) is 11.8 Å². The zero-order valence-electron chi connectivity index (χ0n) is 18.3. The Morgan fingerprint density at radius 1 is 1.21 bits per heavy atom. The maximum Gasteiger partial charge on any atom is 0.246 e. The largest absolute Gasteiger partial charge is 0.349 e. The zero-order valence-corrected chi connectivity index (χ0v) is 18.3. The minimum absolute atomic E-state index is 0.0549. The van der Waals surface area contributed by atoms with E-state index in [0.717, 1.165) is 32.5 Å². The Bertz CT molecular complexity index is 758. The highest BCUT2D eigenvalue weighted by atomic mass is 16.2. The standard InChI is InChI=1S/C24H35N3O2/c1-6-18-11-12-21(16-27-14-19-9-7-8-10-20(19)15-27)24(13-18,25-17(2)28)22(29)26-23(3,4)5/h6-10,18,21H,1,11-16H2,2-5H3,(H,25,28)(H,26,29)/t18-,21?,24+/m1/s1. The molecule has 0 spiro atoms. The van der Waals surface area contributed by atoms with Crippen LogP contribution < -0.4 is 10.6 Å². The lowest BCUT2D eigenvalue weighted by molar-refractivity contribution is -0.139. The number of hydrogen-bond acceptors (Lipinski definition) is 3. The van der Waals surface area contributed by atoms with E-state index >= 15 is 0 Å². The molecule has 1 aromatic rings. The molecule has 1 aliphatic heterocycles. The molecule has 158 valence electrons. The summed E-state index contributed by atoms with van der Waals surface area (Å²) in [6, 6.07) is 8.51. The number of carbonyl (C=O) groups excluding carboxylic acids is 2. The van der Waals surface area contributed by atoms with Crippen LogP contribution >= 0.6 is 0 Å². The number of amides is 2. The Hall–Kier alpha value is -2.14. The molecule has 5 heteroatoms. The van der Waals surface area contributed by atoms with Gasteiger partial charge in [0.15, 0.2) is 0 Å². The molecule has 0 saturated heterocycles. The molecule has 29 heavy (non-hydrogen) atoms. The van der Waals surface area contributed by atoms with Gasteiger partial charge in [-0.25, -0.2) is 0 Å². The van der Waals surface area contributed by atoms with Gasteiger partial charge >= 0.3 is 0 Å². The van der Waals surface area contributed by atoms with E-state index in [0.29, 0.717) is 6.42 Å². The van der Waals surface area contributed by atoms with Gasteiger partial charge in [0.05, 0.1) is 0 Å². The first-order chi connectivity index (χ1) is 13.6. The number of benzene rings is 1. The summed E-state index contributed by atoms with van der Waals surface area (Å²) >= 11 is 0. The maximum absolute atomic E-state index is 13.6. The highest BCUT2D eigenvalue weighted by molar-refractivity contribution is 5.92. The molecular weight excluding hydrogens is 362 g/mol. The molecule has 1 saturated carbocycles. The summed E-state index contributed by atoms with van der Waals surface area (Å²) < 4.78 is 0. The number of rotatable bonds is 5. The molecule has 0 aromatic heterocycles. The number of hydrogen-bond donors (Lipinski definition) is 2. The van der Waals surface area contributed by atoms with Crippen molar-refractivity contribution in [2.24, 2.45) is 11.8 Å². The molecule has 3 atom stereocenters. The molecule has 1 fully saturated rings. The van der Waals surface area contributed by atoms with E-state index in [1.54, 1.807) is 0 Å². The van der Waals surface area contributed by atoms with E-state index < -0.39 is 5.54 Å². The van der Waals surface area contributed by atoms with E-state index in [1.165, 1.54) is 18.1 Å². The Morgan fingerprint density at radius 2 is 1.83 bits per heavy atom. The van der Waals surface area contributed by atoms with Gasteiger partial charge in [-0.2, -0.15) is 0 Å². The number of allylic oxidation sites excluding steroid dienone is 1. The first kappa shape index (κ1) is 21.6. The summed E-state index contributed by atoms with van der Waals surface area (Å²) in [4.78, 5) is 28.2. The molecule has 2 aliphatic rings. The smallest absolute Gasteiger partial charge is 0.246 e. The monoisotopic (exact) mass is 397 g/mol. The molecular formula is C24H35N3O2. The summed E-state index contributed by atoms with van der Waals surface area (Å²) in [6.45, 7) is 14.0. The van der Waals surface area contributed by atoms with E-state index in [-0.39, 0.29) is 29.2 Å². The first-order valence-corrected chi connectivity index (χ1v) is 10.7. The molecule has 0 radical (unpaired) electrons. The second kappa shape index (κ2) is 8.31. The van der Waals surface area contributed by atoms with Crippen molar-refractivity contribution < 1.29 is 9.59 Å². The minimum atomic E-state index is -0.912. The maximum atomic E-state index is 13.6. The van der Waals surface area contributed by atoms with Gasteiger partial charge in [-0.1, -0.05) is 30.3 Å². The summed E-state index contributed by atoms with van der Waals surface area (Å²) in [6.07, 6.45) is 4.42. The van der Waals surface area contributed by atoms with Gasteiger partial charge < -0.3 is 10.6 Å². The van der Waals surface area contributed by atoms with E-state index in [2.05, 4.69) is 46.4 Å². The van der Waals surface area contributed by atoms with Crippen LogP contribution in [0.25, 0.3) is 0 Å². The van der Waals surface area contributed by atoms with Crippen LogP contribution in [0.4, 0.5) is 0 Å². The molecule has 1 aliphatic carbocycles. The molecule has 2 N–H and O–H groups in total. The van der Waals surface area contributed by atoms with Crippen LogP contribution in [0.3, 0.4) is 0 Å². The lowest BCUT2D eigenvalue weighted by atomic mass is 9.67. The Balaban J connectivity index is 1.88. The summed E-state index contributed by atoms with van der Waals surface area (Å²) in [5, 5.41) is 6.25. The van der Waals surface area contributed by atoms with Gasteiger partial charge in [0.2, 0.25) is 11.8 Å². The second-order valence-corrected chi connectivity index (χ2v) is 9.77. The average Bonchev–Trinajstić information content (AvgIpc) is 3.03. The lowest BCUT2D eigenvalue weighted by Gasteiger charge is -2.47. The molecule has 0 bridgehead atoms. The fraction of sp³-hybridized carbons (Fsp3) is 0.583. The molecule has 1 unspecified atom stereocenters. The fourth-order valence-electron chi connectivity index (χ4n) is 4.89. The van der Waals surface area contributed by atoms with Gasteiger partial charge in [-0.15, -0.1) is 6.58 Å². The molecule has 3 rings (SSSR count). The van der Waals surface area contributed by atoms with E-state index in [4.69, 9.17) is 0 Å². The molecule has 5 nitrogen and oxygen atoms in total.